The highest BCUT2D eigenvalue weighted by molar-refractivity contribution is 5.97. The maximum atomic E-state index is 11.9. The molecule has 1 rings (SSSR count). The summed E-state index contributed by atoms with van der Waals surface area (Å²) >= 11 is 0. The molecule has 0 aliphatic heterocycles. The van der Waals surface area contributed by atoms with Gasteiger partial charge in [0, 0.05) is 38.3 Å². The minimum Gasteiger partial charge on any atom is -0.342 e. The molecule has 2 amide bonds. The lowest BCUT2D eigenvalue weighted by molar-refractivity contribution is 0.0790. The van der Waals surface area contributed by atoms with Crippen LogP contribution in [-0.2, 0) is 0 Å². The van der Waals surface area contributed by atoms with Crippen molar-refractivity contribution in [3.8, 4) is 0 Å². The second-order valence-corrected chi connectivity index (χ2v) is 4.22. The summed E-state index contributed by atoms with van der Waals surface area (Å²) in [4.78, 5) is 27.0. The summed E-state index contributed by atoms with van der Waals surface area (Å²) in [5.74, 6) is -0.0549. The minimum absolute atomic E-state index is 0.0275. The van der Waals surface area contributed by atoms with E-state index in [9.17, 15) is 9.59 Å². The first-order chi connectivity index (χ1) is 8.51. The summed E-state index contributed by atoms with van der Waals surface area (Å²) in [7, 11) is 3.51. The van der Waals surface area contributed by atoms with Gasteiger partial charge in [-0.15, -0.1) is 0 Å². The highest BCUT2D eigenvalue weighted by Crippen LogP contribution is 2.09. The van der Waals surface area contributed by atoms with E-state index in [1.165, 1.54) is 0 Å². The van der Waals surface area contributed by atoms with E-state index in [-0.39, 0.29) is 11.8 Å². The van der Waals surface area contributed by atoms with Crippen LogP contribution >= 0.6 is 0 Å². The van der Waals surface area contributed by atoms with E-state index in [1.54, 1.807) is 48.2 Å². The summed E-state index contributed by atoms with van der Waals surface area (Å²) < 4.78 is 0. The summed E-state index contributed by atoms with van der Waals surface area (Å²) in [6.45, 7) is 5.17. The molecule has 0 atom stereocenters. The van der Waals surface area contributed by atoms with Crippen molar-refractivity contribution in [3.05, 3.63) is 35.4 Å². The van der Waals surface area contributed by atoms with Crippen LogP contribution in [0.25, 0.3) is 0 Å². The molecule has 0 aliphatic carbocycles. The van der Waals surface area contributed by atoms with Gasteiger partial charge in [0.2, 0.25) is 0 Å². The molecular weight excluding hydrogens is 228 g/mol. The molecular formula is C14H20N2O2. The number of amides is 2. The van der Waals surface area contributed by atoms with E-state index in [4.69, 9.17) is 0 Å². The smallest absolute Gasteiger partial charge is 0.253 e. The van der Waals surface area contributed by atoms with Gasteiger partial charge in [-0.25, -0.2) is 0 Å². The monoisotopic (exact) mass is 248 g/mol. The zero-order chi connectivity index (χ0) is 13.7. The van der Waals surface area contributed by atoms with Gasteiger partial charge in [0.25, 0.3) is 11.8 Å². The molecule has 98 valence electrons. The highest BCUT2D eigenvalue weighted by Gasteiger charge is 2.13. The topological polar surface area (TPSA) is 40.6 Å². The number of nitrogens with zero attached hydrogens (tertiary/aromatic N) is 2. The molecule has 18 heavy (non-hydrogen) atoms. The molecule has 0 unspecified atom stereocenters. The lowest BCUT2D eigenvalue weighted by Crippen LogP contribution is -2.27. The molecule has 0 radical (unpaired) electrons. The zero-order valence-corrected chi connectivity index (χ0v) is 11.4. The Labute approximate surface area is 108 Å². The fourth-order valence-electron chi connectivity index (χ4n) is 1.48. The van der Waals surface area contributed by atoms with Gasteiger partial charge in [0.15, 0.2) is 0 Å². The van der Waals surface area contributed by atoms with E-state index in [1.807, 2.05) is 13.8 Å². The second-order valence-electron chi connectivity index (χ2n) is 4.22. The Balaban J connectivity index is 2.86. The average molecular weight is 248 g/mol. The molecule has 0 saturated heterocycles. The molecule has 4 heteroatoms. The van der Waals surface area contributed by atoms with Crippen molar-refractivity contribution in [2.45, 2.75) is 13.8 Å². The third-order valence-corrected chi connectivity index (χ3v) is 3.02. The summed E-state index contributed by atoms with van der Waals surface area (Å²) in [5.41, 5.74) is 1.21. The molecule has 0 aliphatic rings. The van der Waals surface area contributed by atoms with Crippen LogP contribution in [-0.4, -0.2) is 48.8 Å². The number of rotatable bonds is 4. The van der Waals surface area contributed by atoms with Crippen LogP contribution in [0.4, 0.5) is 0 Å². The molecule has 1 aromatic carbocycles. The van der Waals surface area contributed by atoms with Crippen molar-refractivity contribution < 1.29 is 9.59 Å². The first kappa shape index (κ1) is 14.2. The van der Waals surface area contributed by atoms with E-state index >= 15 is 0 Å². The van der Waals surface area contributed by atoms with Gasteiger partial charge in [-0.05, 0) is 38.1 Å². The molecule has 0 saturated carbocycles. The molecule has 0 bridgehead atoms. The number of hydrogen-bond donors (Lipinski definition) is 0. The van der Waals surface area contributed by atoms with Crippen LogP contribution in [0, 0.1) is 0 Å². The standard InChI is InChI=1S/C14H20N2O2/c1-5-15(3)13(17)11-7-9-12(10-8-11)14(18)16(4)6-2/h7-10H,5-6H2,1-4H3. The fourth-order valence-corrected chi connectivity index (χ4v) is 1.48. The molecule has 0 spiro atoms. The van der Waals surface area contributed by atoms with Gasteiger partial charge in [-0.1, -0.05) is 0 Å². The number of carbonyl (C=O) groups excluding carboxylic acids is 2. The lowest BCUT2D eigenvalue weighted by Gasteiger charge is -2.16. The first-order valence-corrected chi connectivity index (χ1v) is 6.12. The van der Waals surface area contributed by atoms with Crippen molar-refractivity contribution in [1.29, 1.82) is 0 Å². The van der Waals surface area contributed by atoms with E-state index < -0.39 is 0 Å². The van der Waals surface area contributed by atoms with Crippen LogP contribution in [0.2, 0.25) is 0 Å². The Hall–Kier alpha value is -1.84. The molecule has 0 aromatic heterocycles. The zero-order valence-electron chi connectivity index (χ0n) is 11.4. The number of hydrogen-bond acceptors (Lipinski definition) is 2. The van der Waals surface area contributed by atoms with Gasteiger partial charge in [0.1, 0.15) is 0 Å². The SMILES string of the molecule is CCN(C)C(=O)c1ccc(C(=O)N(C)CC)cc1. The molecule has 0 N–H and O–H groups in total. The summed E-state index contributed by atoms with van der Waals surface area (Å²) in [6, 6.07) is 6.80. The van der Waals surface area contributed by atoms with Crippen LogP contribution < -0.4 is 0 Å². The quantitative estimate of drug-likeness (QED) is 0.816. The normalized spacial score (nSPS) is 10.0. The van der Waals surface area contributed by atoms with Crippen molar-refractivity contribution in [2.75, 3.05) is 27.2 Å². The van der Waals surface area contributed by atoms with Gasteiger partial charge in [-0.2, -0.15) is 0 Å². The third kappa shape index (κ3) is 3.09. The van der Waals surface area contributed by atoms with Crippen LogP contribution in [0.15, 0.2) is 24.3 Å². The molecule has 1 aromatic rings. The predicted molar refractivity (Wildman–Crippen MR) is 71.7 cm³/mol. The highest BCUT2D eigenvalue weighted by atomic mass is 16.2. The maximum Gasteiger partial charge on any atom is 0.253 e. The Morgan fingerprint density at radius 1 is 0.833 bits per heavy atom. The Bertz CT molecular complexity index is 385. The van der Waals surface area contributed by atoms with E-state index in [2.05, 4.69) is 0 Å². The van der Waals surface area contributed by atoms with Gasteiger partial charge in [-0.3, -0.25) is 9.59 Å². The van der Waals surface area contributed by atoms with Crippen LogP contribution in [0.5, 0.6) is 0 Å². The van der Waals surface area contributed by atoms with Crippen LogP contribution in [0.1, 0.15) is 34.6 Å². The van der Waals surface area contributed by atoms with Gasteiger partial charge < -0.3 is 9.80 Å². The second kappa shape index (κ2) is 6.19. The van der Waals surface area contributed by atoms with E-state index in [0.717, 1.165) is 0 Å². The molecule has 4 nitrogen and oxygen atoms in total. The molecule has 0 fully saturated rings. The van der Waals surface area contributed by atoms with E-state index in [0.29, 0.717) is 24.2 Å². The summed E-state index contributed by atoms with van der Waals surface area (Å²) in [6.07, 6.45) is 0. The number of benzene rings is 1. The van der Waals surface area contributed by atoms with Crippen LogP contribution in [0.3, 0.4) is 0 Å². The maximum absolute atomic E-state index is 11.9. The van der Waals surface area contributed by atoms with Gasteiger partial charge >= 0.3 is 0 Å². The van der Waals surface area contributed by atoms with Crippen molar-refractivity contribution in [1.82, 2.24) is 9.80 Å². The summed E-state index contributed by atoms with van der Waals surface area (Å²) in [5, 5.41) is 0. The lowest BCUT2D eigenvalue weighted by atomic mass is 10.1. The predicted octanol–water partition coefficient (Wildman–Crippen LogP) is 1.87. The number of carbonyl (C=O) groups is 2. The van der Waals surface area contributed by atoms with Gasteiger partial charge in [0.05, 0.1) is 0 Å². The fraction of sp³-hybridized carbons (Fsp3) is 0.429. The third-order valence-electron chi connectivity index (χ3n) is 3.02. The first-order valence-electron chi connectivity index (χ1n) is 6.12. The Morgan fingerprint density at radius 3 is 1.33 bits per heavy atom. The van der Waals surface area contributed by atoms with Crippen molar-refractivity contribution in [2.24, 2.45) is 0 Å². The minimum atomic E-state index is -0.0275. The molecule has 0 heterocycles. The Kier molecular flexibility index (Phi) is 4.89. The average Bonchev–Trinajstić information content (AvgIpc) is 2.44. The Morgan fingerprint density at radius 2 is 1.11 bits per heavy atom. The van der Waals surface area contributed by atoms with Crippen molar-refractivity contribution >= 4 is 11.8 Å². The van der Waals surface area contributed by atoms with Crippen molar-refractivity contribution in [3.63, 3.8) is 0 Å². The largest absolute Gasteiger partial charge is 0.342 e.